The lowest BCUT2D eigenvalue weighted by molar-refractivity contribution is 0.211. The zero-order chi connectivity index (χ0) is 18.0. The van der Waals surface area contributed by atoms with Crippen LogP contribution in [-0.2, 0) is 5.41 Å². The molecule has 1 atom stereocenters. The standard InChI is InChI=1S/C20H23N5O/c1-24-11-13-25(14-12-24)19-20(15-22-23-19,17-7-9-21-10-8-17)16-3-5-18(26-2)6-4-16/h3-10,15H,11-14H2,1-2H3. The van der Waals surface area contributed by atoms with Gasteiger partial charge in [-0.15, -0.1) is 5.10 Å². The minimum atomic E-state index is -0.495. The van der Waals surface area contributed by atoms with Crippen molar-refractivity contribution < 1.29 is 4.74 Å². The van der Waals surface area contributed by atoms with Crippen LogP contribution in [0.2, 0.25) is 0 Å². The van der Waals surface area contributed by atoms with Crippen LogP contribution in [0.3, 0.4) is 0 Å². The first kappa shape index (κ1) is 16.7. The molecule has 1 unspecified atom stereocenters. The van der Waals surface area contributed by atoms with Crippen LogP contribution >= 0.6 is 0 Å². The molecule has 0 bridgehead atoms. The lowest BCUT2D eigenvalue weighted by atomic mass is 9.74. The molecule has 0 spiro atoms. The largest absolute Gasteiger partial charge is 0.497 e. The van der Waals surface area contributed by atoms with Gasteiger partial charge in [0.1, 0.15) is 17.0 Å². The predicted octanol–water partition coefficient (Wildman–Crippen LogP) is 2.02. The van der Waals surface area contributed by atoms with Gasteiger partial charge in [-0.25, -0.2) is 0 Å². The van der Waals surface area contributed by atoms with Crippen LogP contribution < -0.4 is 4.74 Å². The zero-order valence-corrected chi connectivity index (χ0v) is 15.2. The number of rotatable bonds is 3. The third-order valence-electron chi connectivity index (χ3n) is 5.24. The molecule has 2 aliphatic rings. The lowest BCUT2D eigenvalue weighted by Crippen LogP contribution is -2.53. The highest BCUT2D eigenvalue weighted by atomic mass is 16.5. The molecule has 4 rings (SSSR count). The van der Waals surface area contributed by atoms with Crippen molar-refractivity contribution in [1.29, 1.82) is 0 Å². The normalized spacial score (nSPS) is 23.2. The van der Waals surface area contributed by atoms with Gasteiger partial charge in [0.25, 0.3) is 0 Å². The average Bonchev–Trinajstić information content (AvgIpc) is 3.15. The molecule has 6 nitrogen and oxygen atoms in total. The van der Waals surface area contributed by atoms with Gasteiger partial charge in [0, 0.05) is 44.8 Å². The number of piperazine rings is 1. The highest BCUT2D eigenvalue weighted by molar-refractivity contribution is 6.13. The SMILES string of the molecule is COc1ccc(C2(c3ccncc3)C=NN=C2N2CCN(C)CC2)cc1. The van der Waals surface area contributed by atoms with Crippen molar-refractivity contribution in [3.8, 4) is 5.75 Å². The van der Waals surface area contributed by atoms with Gasteiger partial charge in [0.05, 0.1) is 7.11 Å². The van der Waals surface area contributed by atoms with Gasteiger partial charge in [-0.2, -0.15) is 5.10 Å². The Bertz CT molecular complexity index is 810. The molecule has 0 N–H and O–H groups in total. The fourth-order valence-corrected chi connectivity index (χ4v) is 3.68. The van der Waals surface area contributed by atoms with Crippen molar-refractivity contribution in [3.63, 3.8) is 0 Å². The number of hydrogen-bond donors (Lipinski definition) is 0. The van der Waals surface area contributed by atoms with E-state index in [1.165, 1.54) is 0 Å². The van der Waals surface area contributed by atoms with E-state index in [0.717, 1.165) is 48.9 Å². The van der Waals surface area contributed by atoms with Crippen LogP contribution in [0.15, 0.2) is 59.0 Å². The van der Waals surface area contributed by atoms with Gasteiger partial charge in [0.2, 0.25) is 0 Å². The maximum absolute atomic E-state index is 5.34. The summed E-state index contributed by atoms with van der Waals surface area (Å²) < 4.78 is 5.34. The molecule has 3 heterocycles. The van der Waals surface area contributed by atoms with E-state index in [4.69, 9.17) is 4.74 Å². The molecule has 6 heteroatoms. The van der Waals surface area contributed by atoms with Gasteiger partial charge in [0.15, 0.2) is 0 Å². The minimum Gasteiger partial charge on any atom is -0.497 e. The zero-order valence-electron chi connectivity index (χ0n) is 15.2. The van der Waals surface area contributed by atoms with E-state index in [9.17, 15) is 0 Å². The van der Waals surface area contributed by atoms with Crippen LogP contribution in [0.25, 0.3) is 0 Å². The van der Waals surface area contributed by atoms with Crippen LogP contribution in [0.5, 0.6) is 5.75 Å². The molecule has 1 aromatic heterocycles. The second-order valence-electron chi connectivity index (χ2n) is 6.73. The van der Waals surface area contributed by atoms with E-state index >= 15 is 0 Å². The topological polar surface area (TPSA) is 53.3 Å². The summed E-state index contributed by atoms with van der Waals surface area (Å²) in [7, 11) is 3.84. The van der Waals surface area contributed by atoms with E-state index in [2.05, 4.69) is 44.2 Å². The molecular weight excluding hydrogens is 326 g/mol. The molecule has 134 valence electrons. The Morgan fingerprint density at radius 3 is 2.23 bits per heavy atom. The second-order valence-corrected chi connectivity index (χ2v) is 6.73. The summed E-state index contributed by atoms with van der Waals surface area (Å²) in [5, 5.41) is 8.94. The molecule has 0 radical (unpaired) electrons. The van der Waals surface area contributed by atoms with E-state index in [1.54, 1.807) is 7.11 Å². The fraction of sp³-hybridized carbons (Fsp3) is 0.350. The van der Waals surface area contributed by atoms with Crippen molar-refractivity contribution in [2.24, 2.45) is 10.2 Å². The van der Waals surface area contributed by atoms with Gasteiger partial charge >= 0.3 is 0 Å². The van der Waals surface area contributed by atoms with Crippen LogP contribution in [0, 0.1) is 0 Å². The number of amidine groups is 1. The molecule has 1 saturated heterocycles. The van der Waals surface area contributed by atoms with Crippen molar-refractivity contribution >= 4 is 12.1 Å². The van der Waals surface area contributed by atoms with E-state index in [-0.39, 0.29) is 0 Å². The number of methoxy groups -OCH3 is 1. The molecule has 26 heavy (non-hydrogen) atoms. The first-order valence-corrected chi connectivity index (χ1v) is 8.85. The van der Waals surface area contributed by atoms with Crippen molar-refractivity contribution in [3.05, 3.63) is 59.9 Å². The number of nitrogens with zero attached hydrogens (tertiary/aromatic N) is 5. The molecule has 2 aliphatic heterocycles. The molecule has 0 amide bonds. The average molecular weight is 349 g/mol. The smallest absolute Gasteiger partial charge is 0.148 e. The monoisotopic (exact) mass is 349 g/mol. The number of pyridine rings is 1. The van der Waals surface area contributed by atoms with Gasteiger partial charge in [-0.3, -0.25) is 4.98 Å². The quantitative estimate of drug-likeness (QED) is 0.851. The Kier molecular flexibility index (Phi) is 4.42. The summed E-state index contributed by atoms with van der Waals surface area (Å²) in [5.74, 6) is 1.83. The summed E-state index contributed by atoms with van der Waals surface area (Å²) in [6.07, 6.45) is 5.61. The van der Waals surface area contributed by atoms with Gasteiger partial charge in [-0.1, -0.05) is 12.1 Å². The number of likely N-dealkylation sites (N-methyl/N-ethyl adjacent to an activating group) is 1. The number of hydrogen-bond acceptors (Lipinski definition) is 6. The van der Waals surface area contributed by atoms with Crippen LogP contribution in [0.4, 0.5) is 0 Å². The van der Waals surface area contributed by atoms with Crippen LogP contribution in [0.1, 0.15) is 11.1 Å². The number of benzene rings is 1. The molecule has 2 aromatic rings. The van der Waals surface area contributed by atoms with Crippen molar-refractivity contribution in [2.75, 3.05) is 40.3 Å². The third kappa shape index (κ3) is 2.76. The lowest BCUT2D eigenvalue weighted by Gasteiger charge is -2.40. The van der Waals surface area contributed by atoms with Crippen LogP contribution in [-0.4, -0.2) is 67.2 Å². The van der Waals surface area contributed by atoms with E-state index in [1.807, 2.05) is 42.9 Å². The Morgan fingerprint density at radius 1 is 0.923 bits per heavy atom. The van der Waals surface area contributed by atoms with Gasteiger partial charge in [-0.05, 0) is 42.4 Å². The Morgan fingerprint density at radius 2 is 1.58 bits per heavy atom. The Hall–Kier alpha value is -2.73. The Balaban J connectivity index is 1.80. The molecule has 0 aliphatic carbocycles. The third-order valence-corrected chi connectivity index (χ3v) is 5.24. The number of aromatic nitrogens is 1. The van der Waals surface area contributed by atoms with Crippen molar-refractivity contribution in [2.45, 2.75) is 5.41 Å². The maximum atomic E-state index is 5.34. The molecule has 0 saturated carbocycles. The Labute approximate surface area is 153 Å². The second kappa shape index (κ2) is 6.88. The highest BCUT2D eigenvalue weighted by Gasteiger charge is 2.44. The summed E-state index contributed by atoms with van der Waals surface area (Å²) in [5.41, 5.74) is 1.76. The summed E-state index contributed by atoms with van der Waals surface area (Å²) in [6, 6.07) is 12.3. The first-order chi connectivity index (χ1) is 12.7. The summed E-state index contributed by atoms with van der Waals surface area (Å²) in [4.78, 5) is 8.89. The minimum absolute atomic E-state index is 0.495. The van der Waals surface area contributed by atoms with E-state index < -0.39 is 5.41 Å². The molecule has 1 aromatic carbocycles. The highest BCUT2D eigenvalue weighted by Crippen LogP contribution is 2.37. The maximum Gasteiger partial charge on any atom is 0.148 e. The summed E-state index contributed by atoms with van der Waals surface area (Å²) >= 11 is 0. The predicted molar refractivity (Wildman–Crippen MR) is 103 cm³/mol. The summed E-state index contributed by atoms with van der Waals surface area (Å²) in [6.45, 7) is 3.94. The fourth-order valence-electron chi connectivity index (χ4n) is 3.68. The first-order valence-electron chi connectivity index (χ1n) is 8.85. The van der Waals surface area contributed by atoms with Gasteiger partial charge < -0.3 is 14.5 Å². The van der Waals surface area contributed by atoms with Crippen molar-refractivity contribution in [1.82, 2.24) is 14.8 Å². The molecular formula is C20H23N5O. The molecule has 1 fully saturated rings. The van der Waals surface area contributed by atoms with E-state index in [0.29, 0.717) is 0 Å². The number of ether oxygens (including phenoxy) is 1.